The number of hydrogen-bond donors (Lipinski definition) is 2. The topological polar surface area (TPSA) is 110 Å². The van der Waals surface area contributed by atoms with Crippen molar-refractivity contribution in [3.63, 3.8) is 0 Å². The van der Waals surface area contributed by atoms with Crippen molar-refractivity contribution in [2.24, 2.45) is 5.73 Å². The van der Waals surface area contributed by atoms with Gasteiger partial charge in [0.05, 0.1) is 22.6 Å². The maximum Gasteiger partial charge on any atom is 0.418 e. The zero-order chi connectivity index (χ0) is 25.3. The molecule has 8 nitrogen and oxygen atoms in total. The molecule has 1 aliphatic rings. The Morgan fingerprint density at radius 1 is 1.14 bits per heavy atom. The van der Waals surface area contributed by atoms with Crippen LogP contribution in [0.25, 0.3) is 10.9 Å². The Kier molecular flexibility index (Phi) is 6.70. The maximum atomic E-state index is 13.3. The van der Waals surface area contributed by atoms with E-state index in [-0.39, 0.29) is 30.4 Å². The molecule has 4 rings (SSSR count). The van der Waals surface area contributed by atoms with Gasteiger partial charge in [-0.15, -0.1) is 0 Å². The number of para-hydroxylation sites is 1. The van der Waals surface area contributed by atoms with E-state index in [1.807, 2.05) is 0 Å². The number of primary amides is 1. The Labute approximate surface area is 202 Å². The van der Waals surface area contributed by atoms with Crippen molar-refractivity contribution in [3.8, 4) is 0 Å². The predicted octanol–water partition coefficient (Wildman–Crippen LogP) is 3.11. The summed E-state index contributed by atoms with van der Waals surface area (Å²) >= 11 is 5.72. The fourth-order valence-electron chi connectivity index (χ4n) is 3.89. The van der Waals surface area contributed by atoms with Crippen LogP contribution in [0, 0.1) is 0 Å². The van der Waals surface area contributed by atoms with Gasteiger partial charge in [0.2, 0.25) is 11.8 Å². The summed E-state index contributed by atoms with van der Waals surface area (Å²) in [5, 5.41) is 6.65. The number of rotatable bonds is 8. The summed E-state index contributed by atoms with van der Waals surface area (Å²) in [7, 11) is 0. The van der Waals surface area contributed by atoms with Gasteiger partial charge in [0.1, 0.15) is 6.54 Å². The Bertz CT molecular complexity index is 1300. The van der Waals surface area contributed by atoms with Crippen LogP contribution in [-0.2, 0) is 28.9 Å². The van der Waals surface area contributed by atoms with Gasteiger partial charge in [-0.2, -0.15) is 18.3 Å². The van der Waals surface area contributed by atoms with E-state index in [0.29, 0.717) is 23.7 Å². The van der Waals surface area contributed by atoms with Crippen molar-refractivity contribution >= 4 is 40.2 Å². The number of nitrogens with zero attached hydrogens (tertiary/aromatic N) is 3. The third kappa shape index (κ3) is 5.40. The molecule has 0 bridgehead atoms. The molecular weight excluding hydrogens is 487 g/mol. The molecule has 35 heavy (non-hydrogen) atoms. The maximum absolute atomic E-state index is 13.3. The number of benzene rings is 2. The van der Waals surface area contributed by atoms with E-state index in [0.717, 1.165) is 6.07 Å². The summed E-state index contributed by atoms with van der Waals surface area (Å²) in [6.07, 6.45) is -3.26. The second-order valence-corrected chi connectivity index (χ2v) is 8.60. The van der Waals surface area contributed by atoms with Crippen LogP contribution in [0.5, 0.6) is 0 Å². The first-order valence-corrected chi connectivity index (χ1v) is 11.1. The van der Waals surface area contributed by atoms with Crippen LogP contribution in [0.3, 0.4) is 0 Å². The van der Waals surface area contributed by atoms with Gasteiger partial charge in [-0.1, -0.05) is 41.9 Å². The third-order valence-electron chi connectivity index (χ3n) is 5.66. The van der Waals surface area contributed by atoms with Crippen molar-refractivity contribution in [2.45, 2.75) is 38.1 Å². The average Bonchev–Trinajstić information content (AvgIpc) is 3.56. The lowest BCUT2D eigenvalue weighted by molar-refractivity contribution is -0.138. The second-order valence-electron chi connectivity index (χ2n) is 8.19. The van der Waals surface area contributed by atoms with Crippen molar-refractivity contribution in [1.29, 1.82) is 0 Å². The molecule has 0 unspecified atom stereocenters. The van der Waals surface area contributed by atoms with Crippen LogP contribution >= 0.6 is 11.6 Å². The van der Waals surface area contributed by atoms with Gasteiger partial charge < -0.3 is 16.0 Å². The summed E-state index contributed by atoms with van der Waals surface area (Å²) in [5.74, 6) is -1.75. The van der Waals surface area contributed by atoms with Crippen LogP contribution in [0.2, 0.25) is 5.02 Å². The molecule has 1 heterocycles. The first kappa shape index (κ1) is 24.5. The van der Waals surface area contributed by atoms with Gasteiger partial charge in [0.15, 0.2) is 5.69 Å². The number of alkyl halides is 3. The van der Waals surface area contributed by atoms with Crippen LogP contribution in [0.1, 0.15) is 34.5 Å². The van der Waals surface area contributed by atoms with E-state index in [4.69, 9.17) is 17.3 Å². The highest BCUT2D eigenvalue weighted by Gasteiger charge is 2.36. The van der Waals surface area contributed by atoms with Gasteiger partial charge in [-0.3, -0.25) is 19.1 Å². The smallest absolute Gasteiger partial charge is 0.364 e. The molecule has 0 atom stereocenters. The lowest BCUT2D eigenvalue weighted by atomic mass is 10.1. The van der Waals surface area contributed by atoms with Gasteiger partial charge in [-0.05, 0) is 30.5 Å². The molecule has 1 saturated carbocycles. The number of hydrogen-bond acceptors (Lipinski definition) is 4. The number of carbonyl (C=O) groups excluding carboxylic acids is 3. The Hall–Kier alpha value is -3.60. The van der Waals surface area contributed by atoms with E-state index in [2.05, 4.69) is 10.4 Å². The molecule has 0 aliphatic heterocycles. The monoisotopic (exact) mass is 507 g/mol. The Morgan fingerprint density at radius 2 is 1.86 bits per heavy atom. The lowest BCUT2D eigenvalue weighted by Crippen LogP contribution is -2.43. The highest BCUT2D eigenvalue weighted by molar-refractivity contribution is 6.31. The predicted molar refractivity (Wildman–Crippen MR) is 121 cm³/mol. The first-order chi connectivity index (χ1) is 16.6. The van der Waals surface area contributed by atoms with E-state index < -0.39 is 41.0 Å². The molecule has 3 aromatic rings. The van der Waals surface area contributed by atoms with Crippen molar-refractivity contribution in [2.75, 3.05) is 6.54 Å². The van der Waals surface area contributed by atoms with Crippen LogP contribution in [0.4, 0.5) is 13.2 Å². The zero-order valence-corrected chi connectivity index (χ0v) is 19.1. The van der Waals surface area contributed by atoms with E-state index in [1.165, 1.54) is 21.7 Å². The summed E-state index contributed by atoms with van der Waals surface area (Å²) in [6.45, 7) is -0.954. The van der Waals surface area contributed by atoms with Gasteiger partial charge in [-0.25, -0.2) is 0 Å². The lowest BCUT2D eigenvalue weighted by Gasteiger charge is -2.22. The molecule has 3 amide bonds. The molecule has 184 valence electrons. The minimum Gasteiger partial charge on any atom is -0.364 e. The molecule has 1 aromatic heterocycles. The molecule has 2 aromatic carbocycles. The van der Waals surface area contributed by atoms with Crippen LogP contribution in [0.15, 0.2) is 42.5 Å². The van der Waals surface area contributed by atoms with Gasteiger partial charge in [0.25, 0.3) is 5.91 Å². The molecule has 0 spiro atoms. The molecule has 1 fully saturated rings. The molecule has 3 N–H and O–H groups in total. The molecule has 12 heteroatoms. The summed E-state index contributed by atoms with van der Waals surface area (Å²) in [5.41, 5.74) is 4.78. The number of nitrogens with two attached hydrogens (primary N) is 1. The SMILES string of the molecule is NC(=O)c1nn(CC(=O)N(CC(=O)NCc2cccc(Cl)c2C(F)(F)F)C2CC2)c2ccccc12. The fourth-order valence-corrected chi connectivity index (χ4v) is 4.20. The first-order valence-electron chi connectivity index (χ1n) is 10.7. The average molecular weight is 508 g/mol. The van der Waals surface area contributed by atoms with Gasteiger partial charge in [0, 0.05) is 18.0 Å². The summed E-state index contributed by atoms with van der Waals surface area (Å²) in [4.78, 5) is 38.7. The minimum atomic E-state index is -4.68. The zero-order valence-electron chi connectivity index (χ0n) is 18.3. The summed E-state index contributed by atoms with van der Waals surface area (Å²) < 4.78 is 41.4. The number of carbonyl (C=O) groups is 3. The number of amides is 3. The number of nitrogens with one attached hydrogen (secondary N) is 1. The second kappa shape index (κ2) is 9.57. The van der Waals surface area contributed by atoms with E-state index >= 15 is 0 Å². The quantitative estimate of drug-likeness (QED) is 0.488. The molecular formula is C23H21ClF3N5O3. The highest BCUT2D eigenvalue weighted by Crippen LogP contribution is 2.37. The largest absolute Gasteiger partial charge is 0.418 e. The Morgan fingerprint density at radius 3 is 2.51 bits per heavy atom. The highest BCUT2D eigenvalue weighted by atomic mass is 35.5. The number of fused-ring (bicyclic) bond motifs is 1. The van der Waals surface area contributed by atoms with Crippen molar-refractivity contribution in [1.82, 2.24) is 20.0 Å². The molecule has 0 radical (unpaired) electrons. The van der Waals surface area contributed by atoms with Gasteiger partial charge >= 0.3 is 6.18 Å². The van der Waals surface area contributed by atoms with Crippen LogP contribution < -0.4 is 11.1 Å². The van der Waals surface area contributed by atoms with Crippen molar-refractivity contribution < 1.29 is 27.6 Å². The normalized spacial score (nSPS) is 13.6. The number of halogens is 4. The third-order valence-corrected chi connectivity index (χ3v) is 5.97. The van der Waals surface area contributed by atoms with Crippen LogP contribution in [-0.4, -0.2) is 45.0 Å². The Balaban J connectivity index is 1.46. The minimum absolute atomic E-state index is 0.0334. The molecule has 1 aliphatic carbocycles. The number of aromatic nitrogens is 2. The standard InChI is InChI=1S/C23H21ClF3N5O3/c24-16-6-3-4-13(20(16)23(25,26)27)10-29-18(33)11-31(14-8-9-14)19(34)12-32-17-7-2-1-5-15(17)21(30-32)22(28)35/h1-7,14H,8-12H2,(H2,28,35)(H,29,33). The van der Waals surface area contributed by atoms with E-state index in [1.54, 1.807) is 24.3 Å². The fraction of sp³-hybridized carbons (Fsp3) is 0.304. The summed E-state index contributed by atoms with van der Waals surface area (Å²) in [6, 6.07) is 10.4. The van der Waals surface area contributed by atoms with E-state index in [9.17, 15) is 27.6 Å². The molecule has 0 saturated heterocycles. The van der Waals surface area contributed by atoms with Crippen molar-refractivity contribution in [3.05, 3.63) is 64.3 Å².